The van der Waals surface area contributed by atoms with E-state index in [1.807, 2.05) is 6.92 Å². The van der Waals surface area contributed by atoms with E-state index < -0.39 is 0 Å². The summed E-state index contributed by atoms with van der Waals surface area (Å²) >= 11 is 0. The Morgan fingerprint density at radius 3 is 2.78 bits per heavy atom. The molecule has 2 aliphatic rings. The van der Waals surface area contributed by atoms with Gasteiger partial charge in [-0.3, -0.25) is 0 Å². The zero-order chi connectivity index (χ0) is 22.1. The molecule has 32 heavy (non-hydrogen) atoms. The Morgan fingerprint density at radius 1 is 1.16 bits per heavy atom. The van der Waals surface area contributed by atoms with Crippen LogP contribution in [-0.2, 0) is 0 Å². The Kier molecular flexibility index (Phi) is 5.75. The maximum atomic E-state index is 6.00. The second kappa shape index (κ2) is 8.83. The van der Waals surface area contributed by atoms with Gasteiger partial charge in [-0.1, -0.05) is 18.2 Å². The summed E-state index contributed by atoms with van der Waals surface area (Å²) in [4.78, 5) is 12.1. The normalized spacial score (nSPS) is 20.0. The quantitative estimate of drug-likeness (QED) is 0.564. The lowest BCUT2D eigenvalue weighted by molar-refractivity contribution is 0.338. The number of fused-ring (bicyclic) bond motifs is 1. The Labute approximate surface area is 188 Å². The fourth-order valence-corrected chi connectivity index (χ4v) is 4.94. The van der Waals surface area contributed by atoms with Crippen molar-refractivity contribution >= 4 is 17.3 Å². The molecule has 1 aromatic carbocycles. The molecule has 0 bridgehead atoms. The van der Waals surface area contributed by atoms with Gasteiger partial charge in [0.1, 0.15) is 5.75 Å². The summed E-state index contributed by atoms with van der Waals surface area (Å²) < 4.78 is 6.00. The van der Waals surface area contributed by atoms with Gasteiger partial charge in [0.15, 0.2) is 0 Å². The number of aryl methyl sites for hydroxylation is 2. The van der Waals surface area contributed by atoms with Crippen LogP contribution in [0.5, 0.6) is 5.75 Å². The fraction of sp³-hybridized carbons (Fsp3) is 0.370. The van der Waals surface area contributed by atoms with E-state index in [4.69, 9.17) is 9.73 Å². The smallest absolute Gasteiger partial charge is 0.144 e. The molecule has 0 saturated carbocycles. The standard InChI is InChI=1S/C27H32N4O/c1-4-32-26-16-25(30-24(26)15-23-17(2)14-18(3)29-23)27-21(12-11-19-8-7-13-28-19)20-9-5-6-10-22(20)31-27/h5-6,9-10,14-16,19,28-30H,4,7-8,11-13H2,1-3H3/b24-15-,27-25-. The van der Waals surface area contributed by atoms with Crippen LogP contribution in [0.25, 0.3) is 17.3 Å². The van der Waals surface area contributed by atoms with E-state index >= 15 is 0 Å². The van der Waals surface area contributed by atoms with E-state index in [0.29, 0.717) is 12.6 Å². The summed E-state index contributed by atoms with van der Waals surface area (Å²) in [5.41, 5.74) is 5.86. The maximum Gasteiger partial charge on any atom is 0.144 e. The number of ether oxygens (including phenoxy) is 1. The van der Waals surface area contributed by atoms with Crippen LogP contribution in [0.1, 0.15) is 49.6 Å². The van der Waals surface area contributed by atoms with Gasteiger partial charge in [0.2, 0.25) is 0 Å². The van der Waals surface area contributed by atoms with E-state index in [1.165, 1.54) is 29.2 Å². The molecule has 0 spiro atoms. The summed E-state index contributed by atoms with van der Waals surface area (Å²) in [6.07, 6.45) is 6.85. The first-order valence-corrected chi connectivity index (χ1v) is 11.8. The van der Waals surface area contributed by atoms with Gasteiger partial charge in [0.05, 0.1) is 28.4 Å². The maximum absolute atomic E-state index is 6.00. The molecule has 1 unspecified atom stereocenters. The Hall–Kier alpha value is -3.05. The molecule has 3 N–H and O–H groups in total. The molecule has 5 heteroatoms. The number of nitrogens with zero attached hydrogens (tertiary/aromatic N) is 1. The molecule has 0 amide bonds. The molecule has 5 rings (SSSR count). The van der Waals surface area contributed by atoms with Gasteiger partial charge in [-0.2, -0.15) is 0 Å². The fourth-order valence-electron chi connectivity index (χ4n) is 4.94. The predicted molar refractivity (Wildman–Crippen MR) is 129 cm³/mol. The summed E-state index contributed by atoms with van der Waals surface area (Å²) in [7, 11) is 0. The highest BCUT2D eigenvalue weighted by Gasteiger charge is 2.19. The number of rotatable bonds is 6. The highest BCUT2D eigenvalue weighted by atomic mass is 16.5. The van der Waals surface area contributed by atoms with Gasteiger partial charge in [-0.15, -0.1) is 0 Å². The lowest BCUT2D eigenvalue weighted by Gasteiger charge is -2.11. The largest absolute Gasteiger partial charge is 0.492 e. The molecule has 2 aromatic heterocycles. The lowest BCUT2D eigenvalue weighted by atomic mass is 10.0. The van der Waals surface area contributed by atoms with E-state index in [0.717, 1.165) is 58.3 Å². The third kappa shape index (κ3) is 4.05. The third-order valence-corrected chi connectivity index (χ3v) is 6.50. The van der Waals surface area contributed by atoms with Crippen molar-refractivity contribution in [2.45, 2.75) is 52.5 Å². The summed E-state index contributed by atoms with van der Waals surface area (Å²) in [5.74, 6) is 0.865. The van der Waals surface area contributed by atoms with Crippen molar-refractivity contribution in [3.8, 4) is 5.75 Å². The van der Waals surface area contributed by atoms with Crippen molar-refractivity contribution in [2.24, 2.45) is 4.99 Å². The first-order chi connectivity index (χ1) is 15.6. The zero-order valence-electron chi connectivity index (χ0n) is 19.2. The van der Waals surface area contributed by atoms with Crippen molar-refractivity contribution in [3.63, 3.8) is 0 Å². The number of aromatic nitrogens is 2. The van der Waals surface area contributed by atoms with E-state index in [1.54, 1.807) is 0 Å². The molecule has 0 radical (unpaired) electrons. The number of aromatic amines is 2. The third-order valence-electron chi connectivity index (χ3n) is 6.50. The zero-order valence-corrected chi connectivity index (χ0v) is 19.2. The van der Waals surface area contributed by atoms with Gasteiger partial charge in [-0.05, 0) is 82.3 Å². The van der Waals surface area contributed by atoms with E-state index in [9.17, 15) is 0 Å². The van der Waals surface area contributed by atoms with Crippen molar-refractivity contribution < 1.29 is 4.74 Å². The number of nitrogens with one attached hydrogen (secondary N) is 3. The molecule has 2 aliphatic heterocycles. The minimum absolute atomic E-state index is 0.613. The number of hydrogen-bond acceptors (Lipinski definition) is 3. The highest BCUT2D eigenvalue weighted by Crippen LogP contribution is 2.23. The van der Waals surface area contributed by atoms with Crippen molar-refractivity contribution in [2.75, 3.05) is 13.2 Å². The van der Waals surface area contributed by atoms with Gasteiger partial charge < -0.3 is 20.0 Å². The SMILES string of the molecule is CCOc1c/c(=C2/N=c3ccccc3=C2CCC2CCCN2)[nH]/c1=C\c1[nH]c(C)cc1C. The van der Waals surface area contributed by atoms with Crippen molar-refractivity contribution in [1.29, 1.82) is 0 Å². The van der Waals surface area contributed by atoms with Crippen LogP contribution in [0.15, 0.2) is 41.4 Å². The first-order valence-electron chi connectivity index (χ1n) is 11.8. The summed E-state index contributed by atoms with van der Waals surface area (Å²) in [6.45, 7) is 7.99. The Bertz CT molecular complexity index is 1370. The predicted octanol–water partition coefficient (Wildman–Crippen LogP) is 2.31. The lowest BCUT2D eigenvalue weighted by Crippen LogP contribution is -2.24. The van der Waals surface area contributed by atoms with Gasteiger partial charge in [-0.25, -0.2) is 4.99 Å². The average molecular weight is 429 g/mol. The molecule has 0 aliphatic carbocycles. The average Bonchev–Trinajstić information content (AvgIpc) is 3.55. The van der Waals surface area contributed by atoms with Crippen LogP contribution in [0.2, 0.25) is 0 Å². The van der Waals surface area contributed by atoms with Crippen molar-refractivity contribution in [1.82, 2.24) is 15.3 Å². The van der Waals surface area contributed by atoms with Crippen LogP contribution in [0, 0.1) is 13.8 Å². The topological polar surface area (TPSA) is 65.2 Å². The van der Waals surface area contributed by atoms with Crippen LogP contribution in [-0.4, -0.2) is 29.2 Å². The Balaban J connectivity index is 1.64. The Morgan fingerprint density at radius 2 is 2.03 bits per heavy atom. The van der Waals surface area contributed by atoms with Crippen LogP contribution in [0.3, 0.4) is 0 Å². The minimum atomic E-state index is 0.613. The molecule has 1 saturated heterocycles. The summed E-state index contributed by atoms with van der Waals surface area (Å²) in [5, 5.41) is 7.95. The molecule has 4 heterocycles. The molecular formula is C27H32N4O. The minimum Gasteiger partial charge on any atom is -0.492 e. The second-order valence-electron chi connectivity index (χ2n) is 8.88. The van der Waals surface area contributed by atoms with Crippen LogP contribution < -0.4 is 31.3 Å². The van der Waals surface area contributed by atoms with Crippen LogP contribution in [0.4, 0.5) is 0 Å². The molecule has 3 aromatic rings. The summed E-state index contributed by atoms with van der Waals surface area (Å²) in [6, 6.07) is 13.4. The molecule has 1 atom stereocenters. The molecule has 1 fully saturated rings. The highest BCUT2D eigenvalue weighted by molar-refractivity contribution is 5.88. The van der Waals surface area contributed by atoms with E-state index in [-0.39, 0.29) is 0 Å². The van der Waals surface area contributed by atoms with Gasteiger partial charge in [0.25, 0.3) is 0 Å². The monoisotopic (exact) mass is 428 g/mol. The number of benzene rings is 1. The second-order valence-corrected chi connectivity index (χ2v) is 8.88. The molecular weight excluding hydrogens is 396 g/mol. The first kappa shape index (κ1) is 20.8. The van der Waals surface area contributed by atoms with Crippen molar-refractivity contribution in [3.05, 3.63) is 74.6 Å². The van der Waals surface area contributed by atoms with E-state index in [2.05, 4.69) is 71.6 Å². The van der Waals surface area contributed by atoms with Gasteiger partial charge in [0, 0.05) is 28.7 Å². The molecule has 166 valence electrons. The van der Waals surface area contributed by atoms with Crippen LogP contribution >= 0.6 is 0 Å². The number of H-pyrrole nitrogens is 2. The number of hydrogen-bond donors (Lipinski definition) is 3. The molecule has 5 nitrogen and oxygen atoms in total. The van der Waals surface area contributed by atoms with Gasteiger partial charge >= 0.3 is 0 Å². The number of para-hydroxylation sites is 1.